The Bertz CT molecular complexity index is 392. The van der Waals surface area contributed by atoms with Crippen molar-refractivity contribution in [2.24, 2.45) is 5.92 Å². The molecule has 0 amide bonds. The lowest BCUT2D eigenvalue weighted by Gasteiger charge is -2.19. The second kappa shape index (κ2) is 5.21. The van der Waals surface area contributed by atoms with Gasteiger partial charge >= 0.3 is 0 Å². The fraction of sp³-hybridized carbons (Fsp3) is 0.692. The highest BCUT2D eigenvalue weighted by molar-refractivity contribution is 6.18. The number of halogens is 1. The lowest BCUT2D eigenvalue weighted by atomic mass is 10.2. The van der Waals surface area contributed by atoms with Crippen LogP contribution in [0.2, 0.25) is 0 Å². The molecule has 0 aromatic carbocycles. The number of rotatable bonds is 3. The summed E-state index contributed by atoms with van der Waals surface area (Å²) >= 11 is 5.91. The summed E-state index contributed by atoms with van der Waals surface area (Å²) in [4.78, 5) is 11.5. The topological polar surface area (TPSA) is 29.0 Å². The van der Waals surface area contributed by atoms with Crippen LogP contribution in [0.5, 0.6) is 0 Å². The number of nitrogens with zero attached hydrogens (tertiary/aromatic N) is 3. The Kier molecular flexibility index (Phi) is 3.87. The number of anilines is 1. The summed E-state index contributed by atoms with van der Waals surface area (Å²) in [5.41, 5.74) is 1.05. The average molecular weight is 254 g/mol. The molecule has 3 nitrogen and oxygen atoms in total. The van der Waals surface area contributed by atoms with Crippen molar-refractivity contribution in [3.63, 3.8) is 0 Å². The van der Waals surface area contributed by atoms with E-state index in [-0.39, 0.29) is 0 Å². The van der Waals surface area contributed by atoms with E-state index in [1.165, 1.54) is 6.42 Å². The molecular weight excluding hydrogens is 234 g/mol. The first-order chi connectivity index (χ1) is 8.10. The Balaban J connectivity index is 2.21. The van der Waals surface area contributed by atoms with Gasteiger partial charge in [-0.2, -0.15) is 0 Å². The van der Waals surface area contributed by atoms with Crippen LogP contribution in [0.4, 0.5) is 5.82 Å². The van der Waals surface area contributed by atoms with Crippen LogP contribution in [0.1, 0.15) is 37.7 Å². The van der Waals surface area contributed by atoms with Crippen LogP contribution in [0.3, 0.4) is 0 Å². The zero-order valence-corrected chi connectivity index (χ0v) is 11.5. The second-order valence-corrected chi connectivity index (χ2v) is 5.44. The van der Waals surface area contributed by atoms with E-state index in [4.69, 9.17) is 11.6 Å². The highest BCUT2D eigenvalue weighted by Crippen LogP contribution is 2.24. The molecule has 0 radical (unpaired) electrons. The van der Waals surface area contributed by atoms with Gasteiger partial charge in [0, 0.05) is 36.6 Å². The Morgan fingerprint density at radius 3 is 2.82 bits per heavy atom. The van der Waals surface area contributed by atoms with Gasteiger partial charge in [-0.25, -0.2) is 9.97 Å². The van der Waals surface area contributed by atoms with E-state index in [0.717, 1.165) is 36.3 Å². The van der Waals surface area contributed by atoms with E-state index < -0.39 is 0 Å². The highest BCUT2D eigenvalue weighted by Gasteiger charge is 2.23. The third-order valence-corrected chi connectivity index (χ3v) is 3.64. The van der Waals surface area contributed by atoms with Gasteiger partial charge in [-0.1, -0.05) is 13.8 Å². The first-order valence-electron chi connectivity index (χ1n) is 6.26. The summed E-state index contributed by atoms with van der Waals surface area (Å²) in [6.07, 6.45) is 1.17. The van der Waals surface area contributed by atoms with Gasteiger partial charge < -0.3 is 4.90 Å². The maximum absolute atomic E-state index is 5.91. The zero-order valence-electron chi connectivity index (χ0n) is 10.8. The minimum atomic E-state index is 0.375. The SMILES string of the molecule is Cc1cc(N2CCC(CCl)C2)nc(C(C)C)n1. The Labute approximate surface area is 108 Å². The number of alkyl halides is 1. The number of hydrogen-bond donors (Lipinski definition) is 0. The molecule has 2 heterocycles. The average Bonchev–Trinajstić information content (AvgIpc) is 2.76. The standard InChI is InChI=1S/C13H20ClN3/c1-9(2)13-15-10(3)6-12(16-13)17-5-4-11(7-14)8-17/h6,9,11H,4-5,7-8H2,1-3H3. The van der Waals surface area contributed by atoms with E-state index in [9.17, 15) is 0 Å². The lowest BCUT2D eigenvalue weighted by molar-refractivity contribution is 0.665. The number of aromatic nitrogens is 2. The fourth-order valence-electron chi connectivity index (χ4n) is 2.16. The monoisotopic (exact) mass is 253 g/mol. The first kappa shape index (κ1) is 12.6. The molecule has 1 fully saturated rings. The van der Waals surface area contributed by atoms with Crippen molar-refractivity contribution in [2.75, 3.05) is 23.9 Å². The quantitative estimate of drug-likeness (QED) is 0.776. The summed E-state index contributed by atoms with van der Waals surface area (Å²) in [7, 11) is 0. The molecule has 2 rings (SSSR count). The Hall–Kier alpha value is -0.830. The van der Waals surface area contributed by atoms with Crippen molar-refractivity contribution in [2.45, 2.75) is 33.1 Å². The predicted octanol–water partition coefficient (Wildman–Crippen LogP) is 2.97. The molecule has 1 aliphatic heterocycles. The van der Waals surface area contributed by atoms with Crippen molar-refractivity contribution in [1.82, 2.24) is 9.97 Å². The maximum atomic E-state index is 5.91. The minimum absolute atomic E-state index is 0.375. The van der Waals surface area contributed by atoms with Crippen LogP contribution in [0.25, 0.3) is 0 Å². The smallest absolute Gasteiger partial charge is 0.133 e. The third kappa shape index (κ3) is 2.89. The molecule has 0 spiro atoms. The van der Waals surface area contributed by atoms with Crippen LogP contribution >= 0.6 is 11.6 Å². The van der Waals surface area contributed by atoms with Crippen LogP contribution in [0.15, 0.2) is 6.07 Å². The molecule has 1 unspecified atom stereocenters. The van der Waals surface area contributed by atoms with Crippen LogP contribution in [-0.4, -0.2) is 28.9 Å². The van der Waals surface area contributed by atoms with Crippen LogP contribution in [0, 0.1) is 12.8 Å². The Morgan fingerprint density at radius 1 is 1.47 bits per heavy atom. The molecule has 0 aliphatic carbocycles. The summed E-state index contributed by atoms with van der Waals surface area (Å²) in [5.74, 6) is 3.73. The lowest BCUT2D eigenvalue weighted by Crippen LogP contribution is -2.22. The Morgan fingerprint density at radius 2 is 2.24 bits per heavy atom. The van der Waals surface area contributed by atoms with Gasteiger partial charge in [0.2, 0.25) is 0 Å². The largest absolute Gasteiger partial charge is 0.356 e. The minimum Gasteiger partial charge on any atom is -0.356 e. The first-order valence-corrected chi connectivity index (χ1v) is 6.80. The summed E-state index contributed by atoms with van der Waals surface area (Å²) < 4.78 is 0. The molecule has 94 valence electrons. The zero-order chi connectivity index (χ0) is 12.4. The molecule has 1 saturated heterocycles. The van der Waals surface area contributed by atoms with Gasteiger partial charge in [0.05, 0.1) is 0 Å². The molecule has 1 aromatic rings. The maximum Gasteiger partial charge on any atom is 0.133 e. The molecule has 1 aliphatic rings. The second-order valence-electron chi connectivity index (χ2n) is 5.14. The van der Waals surface area contributed by atoms with Crippen molar-refractivity contribution < 1.29 is 0 Å². The summed E-state index contributed by atoms with van der Waals surface area (Å²) in [5, 5.41) is 0. The normalized spacial score (nSPS) is 20.3. The van der Waals surface area contributed by atoms with E-state index in [2.05, 4.69) is 34.8 Å². The third-order valence-electron chi connectivity index (χ3n) is 3.20. The molecular formula is C13H20ClN3. The van der Waals surface area contributed by atoms with E-state index in [1.807, 2.05) is 6.92 Å². The van der Waals surface area contributed by atoms with Gasteiger partial charge in [0.15, 0.2) is 0 Å². The van der Waals surface area contributed by atoms with E-state index in [1.54, 1.807) is 0 Å². The van der Waals surface area contributed by atoms with Crippen molar-refractivity contribution >= 4 is 17.4 Å². The fourth-order valence-corrected chi connectivity index (χ4v) is 2.41. The summed E-state index contributed by atoms with van der Waals surface area (Å²) in [6, 6.07) is 2.07. The van der Waals surface area contributed by atoms with Crippen molar-refractivity contribution in [3.05, 3.63) is 17.6 Å². The number of aryl methyl sites for hydroxylation is 1. The molecule has 17 heavy (non-hydrogen) atoms. The van der Waals surface area contributed by atoms with Gasteiger partial charge in [0.1, 0.15) is 11.6 Å². The van der Waals surface area contributed by atoms with Gasteiger partial charge in [-0.3, -0.25) is 0 Å². The van der Waals surface area contributed by atoms with E-state index in [0.29, 0.717) is 11.8 Å². The molecule has 1 aromatic heterocycles. The van der Waals surface area contributed by atoms with Gasteiger partial charge in [0.25, 0.3) is 0 Å². The highest BCUT2D eigenvalue weighted by atomic mass is 35.5. The van der Waals surface area contributed by atoms with Gasteiger partial charge in [-0.05, 0) is 19.3 Å². The summed E-state index contributed by atoms with van der Waals surface area (Å²) in [6.45, 7) is 8.38. The van der Waals surface area contributed by atoms with Crippen LogP contribution in [-0.2, 0) is 0 Å². The predicted molar refractivity (Wildman–Crippen MR) is 71.9 cm³/mol. The number of hydrogen-bond acceptors (Lipinski definition) is 3. The molecule has 4 heteroatoms. The molecule has 1 atom stereocenters. The van der Waals surface area contributed by atoms with Crippen molar-refractivity contribution in [1.29, 1.82) is 0 Å². The van der Waals surface area contributed by atoms with Crippen molar-refractivity contribution in [3.8, 4) is 0 Å². The molecule has 0 N–H and O–H groups in total. The van der Waals surface area contributed by atoms with Gasteiger partial charge in [-0.15, -0.1) is 11.6 Å². The van der Waals surface area contributed by atoms with Crippen LogP contribution < -0.4 is 4.90 Å². The molecule has 0 bridgehead atoms. The van der Waals surface area contributed by atoms with E-state index >= 15 is 0 Å². The molecule has 0 saturated carbocycles.